The number of aryl methyl sites for hydroxylation is 1. The molecule has 0 aliphatic rings. The third-order valence-corrected chi connectivity index (χ3v) is 3.18. The molecule has 1 aromatic rings. The first-order chi connectivity index (χ1) is 8.67. The zero-order valence-electron chi connectivity index (χ0n) is 12.0. The maximum Gasteiger partial charge on any atom is 0.178 e. The third kappa shape index (κ3) is 5.05. The normalized spacial score (nSPS) is 11.1. The average molecular weight is 250 g/mol. The van der Waals surface area contributed by atoms with Crippen LogP contribution in [0.4, 0.5) is 0 Å². The van der Waals surface area contributed by atoms with Crippen LogP contribution >= 0.6 is 0 Å². The van der Waals surface area contributed by atoms with Gasteiger partial charge in [0.1, 0.15) is 0 Å². The summed E-state index contributed by atoms with van der Waals surface area (Å²) in [4.78, 5) is 14.4. The number of carbonyl (C=O) groups is 1. The molecule has 0 amide bonds. The number of ketones is 1. The Labute approximate surface area is 111 Å². The van der Waals surface area contributed by atoms with Crippen molar-refractivity contribution in [3.63, 3.8) is 0 Å². The highest BCUT2D eigenvalue weighted by atomic mass is 16.1. The lowest BCUT2D eigenvalue weighted by Gasteiger charge is -2.20. The largest absolute Gasteiger partial charge is 0.357 e. The molecule has 0 atom stereocenters. The molecule has 0 aromatic carbocycles. The van der Waals surface area contributed by atoms with Crippen molar-refractivity contribution in [1.29, 1.82) is 0 Å². The first-order valence-electron chi connectivity index (χ1n) is 7.04. The van der Waals surface area contributed by atoms with Gasteiger partial charge in [-0.1, -0.05) is 26.7 Å². The molecule has 0 bridgehead atoms. The molecule has 0 aliphatic heterocycles. The first kappa shape index (κ1) is 15.0. The minimum atomic E-state index is 0.239. The summed E-state index contributed by atoms with van der Waals surface area (Å²) in [5, 5.41) is 0. The highest BCUT2D eigenvalue weighted by Crippen LogP contribution is 2.05. The van der Waals surface area contributed by atoms with Crippen molar-refractivity contribution in [2.45, 2.75) is 39.5 Å². The third-order valence-electron chi connectivity index (χ3n) is 3.18. The Morgan fingerprint density at radius 1 is 1.22 bits per heavy atom. The number of unbranched alkanes of at least 4 members (excludes halogenated alkanes) is 2. The van der Waals surface area contributed by atoms with Crippen molar-refractivity contribution in [3.8, 4) is 0 Å². The SMILES string of the molecule is CCCCN(CCCC)CC(=O)c1ccn(C)c1. The Kier molecular flexibility index (Phi) is 6.73. The van der Waals surface area contributed by atoms with E-state index >= 15 is 0 Å². The zero-order chi connectivity index (χ0) is 13.4. The molecule has 18 heavy (non-hydrogen) atoms. The Bertz CT molecular complexity index is 349. The highest BCUT2D eigenvalue weighted by molar-refractivity contribution is 5.97. The van der Waals surface area contributed by atoms with Crippen molar-refractivity contribution in [1.82, 2.24) is 9.47 Å². The van der Waals surface area contributed by atoms with Crippen LogP contribution in [0.25, 0.3) is 0 Å². The summed E-state index contributed by atoms with van der Waals surface area (Å²) >= 11 is 0. The molecule has 0 fully saturated rings. The van der Waals surface area contributed by atoms with E-state index in [1.54, 1.807) is 0 Å². The monoisotopic (exact) mass is 250 g/mol. The molecule has 102 valence electrons. The predicted molar refractivity (Wildman–Crippen MR) is 76.0 cm³/mol. The zero-order valence-corrected chi connectivity index (χ0v) is 12.0. The molecule has 0 unspecified atom stereocenters. The first-order valence-corrected chi connectivity index (χ1v) is 7.04. The fraction of sp³-hybridized carbons (Fsp3) is 0.667. The minimum absolute atomic E-state index is 0.239. The summed E-state index contributed by atoms with van der Waals surface area (Å²) in [7, 11) is 1.95. The van der Waals surface area contributed by atoms with Crippen LogP contribution < -0.4 is 0 Å². The summed E-state index contributed by atoms with van der Waals surface area (Å²) in [5.74, 6) is 0.239. The van der Waals surface area contributed by atoms with E-state index in [-0.39, 0.29) is 5.78 Å². The van der Waals surface area contributed by atoms with Crippen LogP contribution in [-0.2, 0) is 7.05 Å². The molecule has 0 spiro atoms. The van der Waals surface area contributed by atoms with Crippen LogP contribution in [0.5, 0.6) is 0 Å². The molecule has 3 heteroatoms. The standard InChI is InChI=1S/C15H26N2O/c1-4-6-9-17(10-7-5-2)13-15(18)14-8-11-16(3)12-14/h8,11-12H,4-7,9-10,13H2,1-3H3. The molecule has 0 saturated heterocycles. The summed E-state index contributed by atoms with van der Waals surface area (Å²) in [6, 6.07) is 1.90. The van der Waals surface area contributed by atoms with E-state index in [2.05, 4.69) is 18.7 Å². The number of aromatic nitrogens is 1. The molecule has 1 aromatic heterocycles. The molecule has 3 nitrogen and oxygen atoms in total. The van der Waals surface area contributed by atoms with Gasteiger partial charge in [-0.05, 0) is 32.0 Å². The van der Waals surface area contributed by atoms with Gasteiger partial charge in [-0.2, -0.15) is 0 Å². The summed E-state index contributed by atoms with van der Waals surface area (Å²) in [6.45, 7) is 7.02. The second kappa shape index (κ2) is 8.09. The topological polar surface area (TPSA) is 25.2 Å². The van der Waals surface area contributed by atoms with Gasteiger partial charge in [-0.25, -0.2) is 0 Å². The van der Waals surface area contributed by atoms with Crippen LogP contribution in [0.3, 0.4) is 0 Å². The number of nitrogens with zero attached hydrogens (tertiary/aromatic N) is 2. The second-order valence-electron chi connectivity index (χ2n) is 4.97. The lowest BCUT2D eigenvalue weighted by atomic mass is 10.2. The van der Waals surface area contributed by atoms with E-state index < -0.39 is 0 Å². The molecule has 0 saturated carbocycles. The van der Waals surface area contributed by atoms with Crippen molar-refractivity contribution >= 4 is 5.78 Å². The van der Waals surface area contributed by atoms with E-state index in [0.717, 1.165) is 18.7 Å². The lowest BCUT2D eigenvalue weighted by Crippen LogP contribution is -2.31. The maximum absolute atomic E-state index is 12.1. The van der Waals surface area contributed by atoms with Crippen LogP contribution in [0.2, 0.25) is 0 Å². The molecular formula is C15H26N2O. The Balaban J connectivity index is 2.50. The fourth-order valence-corrected chi connectivity index (χ4v) is 2.00. The number of carbonyl (C=O) groups excluding carboxylic acids is 1. The van der Waals surface area contributed by atoms with Gasteiger partial charge >= 0.3 is 0 Å². The van der Waals surface area contributed by atoms with Gasteiger partial charge in [-0.3, -0.25) is 9.69 Å². The highest BCUT2D eigenvalue weighted by Gasteiger charge is 2.12. The molecule has 0 aliphatic carbocycles. The van der Waals surface area contributed by atoms with Crippen molar-refractivity contribution in [2.24, 2.45) is 7.05 Å². The predicted octanol–water partition coefficient (Wildman–Crippen LogP) is 3.11. The van der Waals surface area contributed by atoms with Crippen LogP contribution in [-0.4, -0.2) is 34.9 Å². The molecule has 0 radical (unpaired) electrons. The number of rotatable bonds is 9. The molecule has 0 N–H and O–H groups in total. The van der Waals surface area contributed by atoms with Gasteiger partial charge in [-0.15, -0.1) is 0 Å². The Hall–Kier alpha value is -1.09. The van der Waals surface area contributed by atoms with Gasteiger partial charge in [0.15, 0.2) is 5.78 Å². The van der Waals surface area contributed by atoms with Gasteiger partial charge < -0.3 is 4.57 Å². The van der Waals surface area contributed by atoms with E-state index in [0.29, 0.717) is 6.54 Å². The maximum atomic E-state index is 12.1. The number of hydrogen-bond donors (Lipinski definition) is 0. The number of hydrogen-bond acceptors (Lipinski definition) is 2. The second-order valence-corrected chi connectivity index (χ2v) is 4.97. The van der Waals surface area contributed by atoms with Gasteiger partial charge in [0.05, 0.1) is 6.54 Å². The minimum Gasteiger partial charge on any atom is -0.357 e. The molecule has 1 heterocycles. The molecule has 1 rings (SSSR count). The van der Waals surface area contributed by atoms with Crippen molar-refractivity contribution in [3.05, 3.63) is 24.0 Å². The molecular weight excluding hydrogens is 224 g/mol. The van der Waals surface area contributed by atoms with E-state index in [1.807, 2.05) is 30.1 Å². The lowest BCUT2D eigenvalue weighted by molar-refractivity contribution is 0.0928. The van der Waals surface area contributed by atoms with Gasteiger partial charge in [0.25, 0.3) is 0 Å². The smallest absolute Gasteiger partial charge is 0.178 e. The van der Waals surface area contributed by atoms with E-state index in [9.17, 15) is 4.79 Å². The van der Waals surface area contributed by atoms with E-state index in [4.69, 9.17) is 0 Å². The summed E-state index contributed by atoms with van der Waals surface area (Å²) < 4.78 is 1.93. The fourth-order valence-electron chi connectivity index (χ4n) is 2.00. The summed E-state index contributed by atoms with van der Waals surface area (Å²) in [5.41, 5.74) is 0.829. The average Bonchev–Trinajstić information content (AvgIpc) is 2.79. The number of Topliss-reactive ketones (excluding diaryl/α,β-unsaturated/α-hetero) is 1. The Morgan fingerprint density at radius 3 is 2.28 bits per heavy atom. The quantitative estimate of drug-likeness (QED) is 0.629. The Morgan fingerprint density at radius 2 is 1.83 bits per heavy atom. The van der Waals surface area contributed by atoms with Gasteiger partial charge in [0, 0.05) is 25.0 Å². The van der Waals surface area contributed by atoms with Crippen molar-refractivity contribution in [2.75, 3.05) is 19.6 Å². The van der Waals surface area contributed by atoms with Crippen molar-refractivity contribution < 1.29 is 4.79 Å². The summed E-state index contributed by atoms with van der Waals surface area (Å²) in [6.07, 6.45) is 8.54. The van der Waals surface area contributed by atoms with E-state index in [1.165, 1.54) is 25.7 Å². The van der Waals surface area contributed by atoms with Crippen LogP contribution in [0.1, 0.15) is 49.9 Å². The van der Waals surface area contributed by atoms with Crippen LogP contribution in [0.15, 0.2) is 18.5 Å². The van der Waals surface area contributed by atoms with Gasteiger partial charge in [0.2, 0.25) is 0 Å². The van der Waals surface area contributed by atoms with Crippen LogP contribution in [0, 0.1) is 0 Å².